The molecule has 1 aliphatic rings. The number of phenols is 2. The van der Waals surface area contributed by atoms with Crippen molar-refractivity contribution in [3.63, 3.8) is 0 Å². The summed E-state index contributed by atoms with van der Waals surface area (Å²) in [6.45, 7) is 0. The highest BCUT2D eigenvalue weighted by Gasteiger charge is 2.32. The third-order valence-corrected chi connectivity index (χ3v) is 4.02. The van der Waals surface area contributed by atoms with Gasteiger partial charge in [-0.25, -0.2) is 0 Å². The summed E-state index contributed by atoms with van der Waals surface area (Å²) in [7, 11) is 0. The zero-order valence-corrected chi connectivity index (χ0v) is 10.6. The normalized spacial score (nSPS) is 19.6. The van der Waals surface area contributed by atoms with E-state index in [-0.39, 0.29) is 11.5 Å². The molecule has 0 atom stereocenters. The lowest BCUT2D eigenvalue weighted by Gasteiger charge is -2.34. The number of aromatic hydroxyl groups is 2. The molecule has 0 radical (unpaired) electrons. The fourth-order valence-corrected chi connectivity index (χ4v) is 2.73. The van der Waals surface area contributed by atoms with Crippen molar-refractivity contribution in [1.82, 2.24) is 0 Å². The molecule has 0 heterocycles. The van der Waals surface area contributed by atoms with Gasteiger partial charge in [0, 0.05) is 11.1 Å². The summed E-state index contributed by atoms with van der Waals surface area (Å²) in [6, 6.07) is 3.53. The number of halogens is 1. The lowest BCUT2D eigenvalue weighted by Crippen LogP contribution is -2.38. The Bertz CT molecular complexity index is 400. The van der Waals surface area contributed by atoms with E-state index in [0.29, 0.717) is 10.0 Å². The molecule has 3 nitrogen and oxygen atoms in total. The maximum Gasteiger partial charge on any atom is 0.172 e. The van der Waals surface area contributed by atoms with Crippen molar-refractivity contribution >= 4 is 15.9 Å². The van der Waals surface area contributed by atoms with E-state index in [1.54, 1.807) is 12.1 Å². The standard InChI is InChI=1S/C12H16BrNO2/c13-9-5-4-8(10(15)11(9)16)12(14)6-2-1-3-7-12/h4-5,15-16H,1-3,6-7,14H2. The Balaban J connectivity index is 2.43. The van der Waals surface area contributed by atoms with Gasteiger partial charge in [0.15, 0.2) is 11.5 Å². The molecule has 0 saturated heterocycles. The number of rotatable bonds is 1. The van der Waals surface area contributed by atoms with Crippen molar-refractivity contribution in [3.05, 3.63) is 22.2 Å². The fraction of sp³-hybridized carbons (Fsp3) is 0.500. The van der Waals surface area contributed by atoms with E-state index in [2.05, 4.69) is 15.9 Å². The summed E-state index contributed by atoms with van der Waals surface area (Å²) in [6.07, 6.45) is 5.07. The number of nitrogens with two attached hydrogens (primary N) is 1. The van der Waals surface area contributed by atoms with Crippen LogP contribution in [0.3, 0.4) is 0 Å². The molecule has 4 heteroatoms. The molecule has 1 saturated carbocycles. The lowest BCUT2D eigenvalue weighted by molar-refractivity contribution is 0.287. The summed E-state index contributed by atoms with van der Waals surface area (Å²) in [5.74, 6) is -0.202. The van der Waals surface area contributed by atoms with E-state index in [9.17, 15) is 10.2 Å². The van der Waals surface area contributed by atoms with E-state index in [0.717, 1.165) is 25.7 Å². The van der Waals surface area contributed by atoms with Gasteiger partial charge in [-0.05, 0) is 34.8 Å². The van der Waals surface area contributed by atoms with Crippen LogP contribution < -0.4 is 5.73 Å². The largest absolute Gasteiger partial charge is 0.504 e. The Kier molecular flexibility index (Phi) is 3.13. The van der Waals surface area contributed by atoms with Crippen LogP contribution in [0.15, 0.2) is 16.6 Å². The average Bonchev–Trinajstić information content (AvgIpc) is 2.27. The highest BCUT2D eigenvalue weighted by atomic mass is 79.9. The van der Waals surface area contributed by atoms with Gasteiger partial charge in [0.25, 0.3) is 0 Å². The van der Waals surface area contributed by atoms with Gasteiger partial charge in [0.2, 0.25) is 0 Å². The third kappa shape index (κ3) is 1.92. The first-order chi connectivity index (χ1) is 7.54. The molecule has 0 unspecified atom stereocenters. The van der Waals surface area contributed by atoms with Gasteiger partial charge in [0.05, 0.1) is 4.47 Å². The molecule has 0 amide bonds. The minimum absolute atomic E-state index is 0.0845. The molecule has 0 aromatic heterocycles. The van der Waals surface area contributed by atoms with Gasteiger partial charge in [-0.15, -0.1) is 0 Å². The summed E-state index contributed by atoms with van der Waals surface area (Å²) < 4.78 is 0.494. The maximum absolute atomic E-state index is 9.94. The average molecular weight is 286 g/mol. The molecule has 88 valence electrons. The van der Waals surface area contributed by atoms with Gasteiger partial charge >= 0.3 is 0 Å². The van der Waals surface area contributed by atoms with Crippen molar-refractivity contribution in [3.8, 4) is 11.5 Å². The molecule has 4 N–H and O–H groups in total. The second kappa shape index (κ2) is 4.26. The van der Waals surface area contributed by atoms with Crippen LogP contribution in [0.2, 0.25) is 0 Å². The van der Waals surface area contributed by atoms with Crippen LogP contribution in [0.1, 0.15) is 37.7 Å². The predicted octanol–water partition coefficient (Wildman–Crippen LogP) is 2.98. The molecule has 0 spiro atoms. The maximum atomic E-state index is 9.94. The first-order valence-corrected chi connectivity index (χ1v) is 6.34. The number of benzene rings is 1. The summed E-state index contributed by atoms with van der Waals surface area (Å²) >= 11 is 3.17. The molecular formula is C12H16BrNO2. The fourth-order valence-electron chi connectivity index (χ4n) is 2.41. The Labute approximate surface area is 103 Å². The van der Waals surface area contributed by atoms with Gasteiger partial charge in [-0.2, -0.15) is 0 Å². The molecule has 1 aromatic rings. The topological polar surface area (TPSA) is 66.5 Å². The highest BCUT2D eigenvalue weighted by Crippen LogP contribution is 2.44. The van der Waals surface area contributed by atoms with Crippen LogP contribution in [-0.2, 0) is 5.54 Å². The Morgan fingerprint density at radius 3 is 2.31 bits per heavy atom. The van der Waals surface area contributed by atoms with Crippen LogP contribution in [-0.4, -0.2) is 10.2 Å². The lowest BCUT2D eigenvalue weighted by atomic mass is 9.77. The molecule has 2 rings (SSSR count). The van der Waals surface area contributed by atoms with E-state index in [1.165, 1.54) is 6.42 Å². The minimum Gasteiger partial charge on any atom is -0.504 e. The first kappa shape index (κ1) is 11.7. The third-order valence-electron chi connectivity index (χ3n) is 3.38. The minimum atomic E-state index is -0.486. The van der Waals surface area contributed by atoms with Crippen LogP contribution in [0.5, 0.6) is 11.5 Å². The molecule has 1 fully saturated rings. The van der Waals surface area contributed by atoms with E-state index in [1.807, 2.05) is 0 Å². The van der Waals surface area contributed by atoms with Crippen molar-refractivity contribution in [2.24, 2.45) is 5.73 Å². The summed E-state index contributed by atoms with van der Waals surface area (Å²) in [5.41, 5.74) is 6.49. The second-order valence-electron chi connectivity index (χ2n) is 4.51. The second-order valence-corrected chi connectivity index (χ2v) is 5.36. The molecular weight excluding hydrogens is 270 g/mol. The number of phenolic OH excluding ortho intramolecular Hbond substituents is 2. The highest BCUT2D eigenvalue weighted by molar-refractivity contribution is 9.10. The molecule has 1 aliphatic carbocycles. The number of hydrogen-bond acceptors (Lipinski definition) is 3. The van der Waals surface area contributed by atoms with Gasteiger partial charge in [-0.1, -0.05) is 25.3 Å². The SMILES string of the molecule is NC1(c2ccc(Br)c(O)c2O)CCCCC1. The van der Waals surface area contributed by atoms with Gasteiger partial charge < -0.3 is 15.9 Å². The molecule has 0 aliphatic heterocycles. The smallest absolute Gasteiger partial charge is 0.172 e. The molecule has 16 heavy (non-hydrogen) atoms. The predicted molar refractivity (Wildman–Crippen MR) is 66.4 cm³/mol. The summed E-state index contributed by atoms with van der Waals surface area (Å²) in [4.78, 5) is 0. The van der Waals surface area contributed by atoms with Crippen LogP contribution in [0.25, 0.3) is 0 Å². The van der Waals surface area contributed by atoms with E-state index in [4.69, 9.17) is 5.73 Å². The molecule has 0 bridgehead atoms. The zero-order chi connectivity index (χ0) is 11.8. The van der Waals surface area contributed by atoms with E-state index < -0.39 is 5.54 Å². The van der Waals surface area contributed by atoms with Gasteiger partial charge in [-0.3, -0.25) is 0 Å². The first-order valence-electron chi connectivity index (χ1n) is 5.54. The van der Waals surface area contributed by atoms with Gasteiger partial charge in [0.1, 0.15) is 0 Å². The molecule has 1 aromatic carbocycles. The monoisotopic (exact) mass is 285 g/mol. The Hall–Kier alpha value is -0.740. The zero-order valence-electron chi connectivity index (χ0n) is 9.04. The number of hydrogen-bond donors (Lipinski definition) is 3. The quantitative estimate of drug-likeness (QED) is 0.695. The van der Waals surface area contributed by atoms with Crippen LogP contribution >= 0.6 is 15.9 Å². The van der Waals surface area contributed by atoms with E-state index >= 15 is 0 Å². The van der Waals surface area contributed by atoms with Crippen LogP contribution in [0.4, 0.5) is 0 Å². The van der Waals surface area contributed by atoms with Crippen molar-refractivity contribution in [2.75, 3.05) is 0 Å². The Morgan fingerprint density at radius 1 is 1.06 bits per heavy atom. The Morgan fingerprint density at radius 2 is 1.69 bits per heavy atom. The summed E-state index contributed by atoms with van der Waals surface area (Å²) in [5, 5.41) is 19.6. The van der Waals surface area contributed by atoms with Crippen molar-refractivity contribution in [1.29, 1.82) is 0 Å². The van der Waals surface area contributed by atoms with Crippen molar-refractivity contribution in [2.45, 2.75) is 37.6 Å². The van der Waals surface area contributed by atoms with Crippen molar-refractivity contribution < 1.29 is 10.2 Å². The van der Waals surface area contributed by atoms with Crippen LogP contribution in [0, 0.1) is 0 Å².